The third kappa shape index (κ3) is 3.98. The SMILES string of the molecule is CC1(C)CN(c2ccc(CNC3CC3)cc2)CC(C)(C)O1. The van der Waals surface area contributed by atoms with Crippen LogP contribution in [0.15, 0.2) is 24.3 Å². The molecule has 3 nitrogen and oxygen atoms in total. The molecule has 0 bridgehead atoms. The molecule has 1 aromatic rings. The Labute approximate surface area is 128 Å². The number of nitrogens with one attached hydrogen (secondary N) is 1. The van der Waals surface area contributed by atoms with Crippen LogP contribution in [-0.4, -0.2) is 30.3 Å². The Morgan fingerprint density at radius 3 is 2.14 bits per heavy atom. The first kappa shape index (κ1) is 14.9. The molecular formula is C18H28N2O. The van der Waals surface area contributed by atoms with Gasteiger partial charge in [0.2, 0.25) is 0 Å². The summed E-state index contributed by atoms with van der Waals surface area (Å²) in [5.41, 5.74) is 2.47. The molecule has 0 aromatic heterocycles. The van der Waals surface area contributed by atoms with Gasteiger partial charge in [0.05, 0.1) is 11.2 Å². The second-order valence-corrected chi connectivity index (χ2v) is 7.80. The van der Waals surface area contributed by atoms with Gasteiger partial charge in [-0.1, -0.05) is 12.1 Å². The van der Waals surface area contributed by atoms with Crippen molar-refractivity contribution in [3.63, 3.8) is 0 Å². The Morgan fingerprint density at radius 1 is 1.05 bits per heavy atom. The Kier molecular flexibility index (Phi) is 3.74. The molecule has 1 saturated carbocycles. The molecule has 0 amide bonds. The van der Waals surface area contributed by atoms with Crippen LogP contribution in [0.25, 0.3) is 0 Å². The lowest BCUT2D eigenvalue weighted by Crippen LogP contribution is -2.57. The van der Waals surface area contributed by atoms with Gasteiger partial charge in [0.15, 0.2) is 0 Å². The summed E-state index contributed by atoms with van der Waals surface area (Å²) in [6, 6.07) is 9.77. The van der Waals surface area contributed by atoms with Gasteiger partial charge in [0, 0.05) is 31.4 Å². The van der Waals surface area contributed by atoms with E-state index in [1.54, 1.807) is 0 Å². The molecule has 0 unspecified atom stereocenters. The highest BCUT2D eigenvalue weighted by Gasteiger charge is 2.38. The lowest BCUT2D eigenvalue weighted by Gasteiger charge is -2.48. The van der Waals surface area contributed by atoms with Gasteiger partial charge in [-0.2, -0.15) is 0 Å². The van der Waals surface area contributed by atoms with E-state index in [1.807, 2.05) is 0 Å². The Hall–Kier alpha value is -1.06. The maximum Gasteiger partial charge on any atom is 0.0808 e. The minimum atomic E-state index is -0.103. The summed E-state index contributed by atoms with van der Waals surface area (Å²) >= 11 is 0. The average Bonchev–Trinajstić information content (AvgIpc) is 3.17. The molecule has 1 heterocycles. The molecule has 3 heteroatoms. The van der Waals surface area contributed by atoms with Gasteiger partial charge in [0.25, 0.3) is 0 Å². The van der Waals surface area contributed by atoms with Crippen molar-refractivity contribution in [2.24, 2.45) is 0 Å². The smallest absolute Gasteiger partial charge is 0.0808 e. The molecule has 2 fully saturated rings. The quantitative estimate of drug-likeness (QED) is 0.919. The zero-order chi connectivity index (χ0) is 15.1. The molecule has 1 N–H and O–H groups in total. The highest BCUT2D eigenvalue weighted by atomic mass is 16.5. The summed E-state index contributed by atoms with van der Waals surface area (Å²) in [4.78, 5) is 2.45. The van der Waals surface area contributed by atoms with E-state index in [9.17, 15) is 0 Å². The third-order valence-electron chi connectivity index (χ3n) is 4.17. The lowest BCUT2D eigenvalue weighted by atomic mass is 9.98. The Bertz CT molecular complexity index is 472. The van der Waals surface area contributed by atoms with Gasteiger partial charge < -0.3 is 15.0 Å². The van der Waals surface area contributed by atoms with Crippen molar-refractivity contribution >= 4 is 5.69 Å². The summed E-state index contributed by atoms with van der Waals surface area (Å²) in [5, 5.41) is 3.56. The number of anilines is 1. The van der Waals surface area contributed by atoms with Crippen LogP contribution in [0.5, 0.6) is 0 Å². The molecule has 0 radical (unpaired) electrons. The van der Waals surface area contributed by atoms with Gasteiger partial charge in [0.1, 0.15) is 0 Å². The number of hydrogen-bond donors (Lipinski definition) is 1. The highest BCUT2D eigenvalue weighted by molar-refractivity contribution is 5.49. The van der Waals surface area contributed by atoms with E-state index in [0.717, 1.165) is 25.7 Å². The van der Waals surface area contributed by atoms with E-state index in [2.05, 4.69) is 62.2 Å². The van der Waals surface area contributed by atoms with Crippen LogP contribution in [0, 0.1) is 0 Å². The number of benzene rings is 1. The minimum absolute atomic E-state index is 0.103. The van der Waals surface area contributed by atoms with Crippen molar-refractivity contribution < 1.29 is 4.74 Å². The summed E-state index contributed by atoms with van der Waals surface area (Å²) in [6.45, 7) is 11.6. The monoisotopic (exact) mass is 288 g/mol. The van der Waals surface area contributed by atoms with Gasteiger partial charge in [-0.25, -0.2) is 0 Å². The van der Waals surface area contributed by atoms with Crippen molar-refractivity contribution in [1.82, 2.24) is 5.32 Å². The van der Waals surface area contributed by atoms with Crippen LogP contribution < -0.4 is 10.2 Å². The van der Waals surface area contributed by atoms with E-state index < -0.39 is 0 Å². The molecule has 2 aliphatic rings. The van der Waals surface area contributed by atoms with Crippen LogP contribution in [-0.2, 0) is 11.3 Å². The molecule has 0 atom stereocenters. The van der Waals surface area contributed by atoms with Crippen molar-refractivity contribution in [3.05, 3.63) is 29.8 Å². The topological polar surface area (TPSA) is 24.5 Å². The highest BCUT2D eigenvalue weighted by Crippen LogP contribution is 2.31. The van der Waals surface area contributed by atoms with E-state index >= 15 is 0 Å². The van der Waals surface area contributed by atoms with Crippen molar-refractivity contribution in [2.45, 2.75) is 64.3 Å². The van der Waals surface area contributed by atoms with Gasteiger partial charge >= 0.3 is 0 Å². The molecule has 1 aliphatic heterocycles. The first-order valence-corrected chi connectivity index (χ1v) is 8.11. The van der Waals surface area contributed by atoms with Crippen LogP contribution in [0.3, 0.4) is 0 Å². The first-order chi connectivity index (χ1) is 9.83. The first-order valence-electron chi connectivity index (χ1n) is 8.11. The molecular weight excluding hydrogens is 260 g/mol. The summed E-state index contributed by atoms with van der Waals surface area (Å²) in [5.74, 6) is 0. The summed E-state index contributed by atoms with van der Waals surface area (Å²) in [6.07, 6.45) is 2.69. The molecule has 116 valence electrons. The van der Waals surface area contributed by atoms with E-state index in [0.29, 0.717) is 0 Å². The van der Waals surface area contributed by atoms with E-state index in [-0.39, 0.29) is 11.2 Å². The second-order valence-electron chi connectivity index (χ2n) is 7.80. The number of hydrogen-bond acceptors (Lipinski definition) is 3. The van der Waals surface area contributed by atoms with Crippen LogP contribution in [0.4, 0.5) is 5.69 Å². The third-order valence-corrected chi connectivity index (χ3v) is 4.17. The average molecular weight is 288 g/mol. The second kappa shape index (κ2) is 5.29. The Balaban J connectivity index is 1.67. The van der Waals surface area contributed by atoms with Crippen molar-refractivity contribution in [2.75, 3.05) is 18.0 Å². The standard InChI is InChI=1S/C18H28N2O/c1-17(2)12-20(13-18(3,4)21-17)16-9-5-14(6-10-16)11-19-15-7-8-15/h5-6,9-10,15,19H,7-8,11-13H2,1-4H3. The fourth-order valence-corrected chi connectivity index (χ4v) is 3.34. The van der Waals surface area contributed by atoms with E-state index in [4.69, 9.17) is 4.74 Å². The van der Waals surface area contributed by atoms with Gasteiger partial charge in [-0.15, -0.1) is 0 Å². The van der Waals surface area contributed by atoms with Crippen LogP contribution in [0.2, 0.25) is 0 Å². The zero-order valence-electron chi connectivity index (χ0n) is 13.8. The largest absolute Gasteiger partial charge is 0.366 e. The Morgan fingerprint density at radius 2 is 1.62 bits per heavy atom. The maximum atomic E-state index is 6.16. The predicted octanol–water partition coefficient (Wildman–Crippen LogP) is 3.33. The number of morpholine rings is 1. The molecule has 1 aliphatic carbocycles. The van der Waals surface area contributed by atoms with E-state index in [1.165, 1.54) is 24.1 Å². The maximum absolute atomic E-state index is 6.16. The number of ether oxygens (including phenoxy) is 1. The minimum Gasteiger partial charge on any atom is -0.366 e. The van der Waals surface area contributed by atoms with Crippen LogP contribution >= 0.6 is 0 Å². The van der Waals surface area contributed by atoms with Gasteiger partial charge in [-0.05, 0) is 58.2 Å². The molecule has 0 spiro atoms. The number of rotatable bonds is 4. The summed E-state index contributed by atoms with van der Waals surface area (Å²) < 4.78 is 6.16. The summed E-state index contributed by atoms with van der Waals surface area (Å²) in [7, 11) is 0. The normalized spacial score (nSPS) is 24.1. The molecule has 1 aromatic carbocycles. The lowest BCUT2D eigenvalue weighted by molar-refractivity contribution is -0.133. The fraction of sp³-hybridized carbons (Fsp3) is 0.667. The molecule has 21 heavy (non-hydrogen) atoms. The van der Waals surface area contributed by atoms with Crippen molar-refractivity contribution in [1.29, 1.82) is 0 Å². The zero-order valence-corrected chi connectivity index (χ0v) is 13.8. The van der Waals surface area contributed by atoms with Crippen LogP contribution in [0.1, 0.15) is 46.1 Å². The molecule has 1 saturated heterocycles. The van der Waals surface area contributed by atoms with Crippen molar-refractivity contribution in [3.8, 4) is 0 Å². The van der Waals surface area contributed by atoms with Gasteiger partial charge in [-0.3, -0.25) is 0 Å². The fourth-order valence-electron chi connectivity index (χ4n) is 3.34. The molecule has 3 rings (SSSR count). The number of nitrogens with zero attached hydrogens (tertiary/aromatic N) is 1. The predicted molar refractivity (Wildman–Crippen MR) is 87.8 cm³/mol.